The average Bonchev–Trinajstić information content (AvgIpc) is 2.80. The topological polar surface area (TPSA) is 71.3 Å². The van der Waals surface area contributed by atoms with Gasteiger partial charge in [-0.15, -0.1) is 0 Å². The molecule has 3 rings (SSSR count). The summed E-state index contributed by atoms with van der Waals surface area (Å²) in [7, 11) is 1.51. The lowest BCUT2D eigenvalue weighted by molar-refractivity contribution is -0.112. The van der Waals surface area contributed by atoms with Crippen LogP contribution < -0.4 is 14.8 Å². The van der Waals surface area contributed by atoms with Gasteiger partial charge in [-0.1, -0.05) is 57.3 Å². The van der Waals surface area contributed by atoms with Crippen LogP contribution in [-0.4, -0.2) is 13.0 Å². The molecule has 8 heteroatoms. The van der Waals surface area contributed by atoms with Crippen molar-refractivity contribution in [1.82, 2.24) is 0 Å². The number of amides is 1. The highest BCUT2D eigenvalue weighted by atomic mass is 79.9. The molecule has 0 heterocycles. The zero-order chi connectivity index (χ0) is 24.8. The second kappa shape index (κ2) is 11.4. The Morgan fingerprint density at radius 3 is 2.59 bits per heavy atom. The zero-order valence-corrected chi connectivity index (χ0v) is 21.8. The number of nitrogens with one attached hydrogen (secondary N) is 1. The number of aryl methyl sites for hydroxylation is 1. The largest absolute Gasteiger partial charge is 0.493 e. The van der Waals surface area contributed by atoms with Crippen molar-refractivity contribution in [3.8, 4) is 17.6 Å². The van der Waals surface area contributed by atoms with E-state index in [4.69, 9.17) is 32.7 Å². The molecule has 3 aromatic carbocycles. The minimum absolute atomic E-state index is 0.0507. The fourth-order valence-electron chi connectivity index (χ4n) is 3.11. The minimum Gasteiger partial charge on any atom is -0.493 e. The maximum atomic E-state index is 12.8. The van der Waals surface area contributed by atoms with Crippen LogP contribution >= 0.6 is 39.1 Å². The van der Waals surface area contributed by atoms with Gasteiger partial charge in [-0.05, 0) is 66.9 Å². The van der Waals surface area contributed by atoms with Crippen LogP contribution in [0.1, 0.15) is 22.3 Å². The van der Waals surface area contributed by atoms with E-state index in [0.29, 0.717) is 37.3 Å². The van der Waals surface area contributed by atoms with E-state index in [1.165, 1.54) is 13.2 Å². The second-order valence-corrected chi connectivity index (χ2v) is 9.12. The number of halogens is 3. The lowest BCUT2D eigenvalue weighted by Gasteiger charge is -2.14. The predicted octanol–water partition coefficient (Wildman–Crippen LogP) is 7.51. The van der Waals surface area contributed by atoms with Gasteiger partial charge in [0.2, 0.25) is 0 Å². The van der Waals surface area contributed by atoms with E-state index in [0.717, 1.165) is 16.7 Å². The minimum atomic E-state index is -0.500. The van der Waals surface area contributed by atoms with Crippen molar-refractivity contribution in [3.63, 3.8) is 0 Å². The zero-order valence-electron chi connectivity index (χ0n) is 18.7. The van der Waals surface area contributed by atoms with E-state index in [-0.39, 0.29) is 12.2 Å². The highest BCUT2D eigenvalue weighted by molar-refractivity contribution is 9.10. The molecule has 0 saturated carbocycles. The van der Waals surface area contributed by atoms with Gasteiger partial charge < -0.3 is 14.8 Å². The Morgan fingerprint density at radius 2 is 1.91 bits per heavy atom. The summed E-state index contributed by atoms with van der Waals surface area (Å²) in [5, 5.41) is 13.5. The fourth-order valence-corrected chi connectivity index (χ4v) is 4.01. The highest BCUT2D eigenvalue weighted by Crippen LogP contribution is 2.36. The Morgan fingerprint density at radius 1 is 1.15 bits per heavy atom. The van der Waals surface area contributed by atoms with Gasteiger partial charge in [0.1, 0.15) is 18.2 Å². The van der Waals surface area contributed by atoms with Crippen LogP contribution in [0.15, 0.2) is 58.6 Å². The number of hydrogen-bond donors (Lipinski definition) is 1. The molecule has 1 N–H and O–H groups in total. The third-order valence-electron chi connectivity index (χ3n) is 5.20. The SMILES string of the molecule is COc1cc(C=C(C#N)C(=O)Nc2cccc(C)c2C)c(Br)cc1OCc1ccc(Cl)cc1Cl. The van der Waals surface area contributed by atoms with Crippen molar-refractivity contribution in [3.05, 3.63) is 90.9 Å². The third kappa shape index (κ3) is 6.12. The van der Waals surface area contributed by atoms with Crippen molar-refractivity contribution >= 4 is 56.8 Å². The monoisotopic (exact) mass is 558 g/mol. The average molecular weight is 560 g/mol. The first-order chi connectivity index (χ1) is 16.2. The molecular formula is C26H21BrCl2N2O3. The van der Waals surface area contributed by atoms with Gasteiger partial charge in [-0.3, -0.25) is 4.79 Å². The Kier molecular flexibility index (Phi) is 8.62. The Balaban J connectivity index is 1.84. The number of methoxy groups -OCH3 is 1. The van der Waals surface area contributed by atoms with E-state index in [2.05, 4.69) is 21.2 Å². The second-order valence-electron chi connectivity index (χ2n) is 7.42. The van der Waals surface area contributed by atoms with Crippen LogP contribution in [0.5, 0.6) is 11.5 Å². The smallest absolute Gasteiger partial charge is 0.266 e. The number of nitrogens with zero attached hydrogens (tertiary/aromatic N) is 1. The summed E-state index contributed by atoms with van der Waals surface area (Å²) in [5.41, 5.74) is 3.95. The van der Waals surface area contributed by atoms with Crippen LogP contribution in [0.3, 0.4) is 0 Å². The van der Waals surface area contributed by atoms with Gasteiger partial charge in [0.25, 0.3) is 5.91 Å². The van der Waals surface area contributed by atoms with Gasteiger partial charge in [-0.25, -0.2) is 0 Å². The molecule has 5 nitrogen and oxygen atoms in total. The maximum absolute atomic E-state index is 12.8. The molecule has 0 spiro atoms. The quantitative estimate of drug-likeness (QED) is 0.240. The summed E-state index contributed by atoms with van der Waals surface area (Å²) in [4.78, 5) is 12.8. The molecule has 3 aromatic rings. The number of carbonyl (C=O) groups excluding carboxylic acids is 1. The molecule has 0 aromatic heterocycles. The number of benzene rings is 3. The molecular weight excluding hydrogens is 539 g/mol. The van der Waals surface area contributed by atoms with Crippen LogP contribution in [0, 0.1) is 25.2 Å². The Labute approximate surface area is 217 Å². The molecule has 0 saturated heterocycles. The van der Waals surface area contributed by atoms with Crippen LogP contribution in [0.2, 0.25) is 10.0 Å². The maximum Gasteiger partial charge on any atom is 0.266 e. The molecule has 34 heavy (non-hydrogen) atoms. The summed E-state index contributed by atoms with van der Waals surface area (Å²) >= 11 is 15.7. The van der Waals surface area contributed by atoms with Crippen molar-refractivity contribution in [2.24, 2.45) is 0 Å². The highest BCUT2D eigenvalue weighted by Gasteiger charge is 2.15. The van der Waals surface area contributed by atoms with Gasteiger partial charge in [-0.2, -0.15) is 5.26 Å². The van der Waals surface area contributed by atoms with Crippen molar-refractivity contribution in [1.29, 1.82) is 5.26 Å². The van der Waals surface area contributed by atoms with Crippen molar-refractivity contribution in [2.45, 2.75) is 20.5 Å². The lowest BCUT2D eigenvalue weighted by Crippen LogP contribution is -2.14. The first-order valence-corrected chi connectivity index (χ1v) is 11.7. The summed E-state index contributed by atoms with van der Waals surface area (Å²) in [6, 6.07) is 16.2. The van der Waals surface area contributed by atoms with Crippen LogP contribution in [-0.2, 0) is 11.4 Å². The predicted molar refractivity (Wildman–Crippen MR) is 140 cm³/mol. The molecule has 1 amide bonds. The van der Waals surface area contributed by atoms with Gasteiger partial charge in [0, 0.05) is 25.8 Å². The summed E-state index contributed by atoms with van der Waals surface area (Å²) in [5.74, 6) is 0.405. The Hall–Kier alpha value is -2.98. The number of nitriles is 1. The van der Waals surface area contributed by atoms with E-state index >= 15 is 0 Å². The molecule has 0 aliphatic rings. The van der Waals surface area contributed by atoms with Gasteiger partial charge in [0.05, 0.1) is 7.11 Å². The van der Waals surface area contributed by atoms with E-state index in [9.17, 15) is 10.1 Å². The van der Waals surface area contributed by atoms with Crippen LogP contribution in [0.25, 0.3) is 6.08 Å². The summed E-state index contributed by atoms with van der Waals surface area (Å²) in [6.07, 6.45) is 1.49. The molecule has 0 fully saturated rings. The van der Waals surface area contributed by atoms with E-state index in [1.807, 2.05) is 32.0 Å². The fraction of sp³-hybridized carbons (Fsp3) is 0.154. The first kappa shape index (κ1) is 25.6. The van der Waals surface area contributed by atoms with Crippen molar-refractivity contribution in [2.75, 3.05) is 12.4 Å². The Bertz CT molecular complexity index is 1320. The molecule has 0 atom stereocenters. The van der Waals surface area contributed by atoms with Gasteiger partial charge in [0.15, 0.2) is 11.5 Å². The first-order valence-electron chi connectivity index (χ1n) is 10.2. The summed E-state index contributed by atoms with van der Waals surface area (Å²) in [6.45, 7) is 4.08. The third-order valence-corrected chi connectivity index (χ3v) is 6.47. The van der Waals surface area contributed by atoms with Gasteiger partial charge >= 0.3 is 0 Å². The van der Waals surface area contributed by atoms with E-state index in [1.54, 1.807) is 36.4 Å². The molecule has 0 unspecified atom stereocenters. The van der Waals surface area contributed by atoms with Crippen LogP contribution in [0.4, 0.5) is 5.69 Å². The number of rotatable bonds is 7. The molecule has 0 aliphatic heterocycles. The normalized spacial score (nSPS) is 11.0. The lowest BCUT2D eigenvalue weighted by atomic mass is 10.1. The number of ether oxygens (including phenoxy) is 2. The molecule has 0 aliphatic carbocycles. The van der Waals surface area contributed by atoms with E-state index < -0.39 is 5.91 Å². The number of hydrogen-bond acceptors (Lipinski definition) is 4. The standard InChI is InChI=1S/C26H21BrCl2N2O3/c1-15-5-4-6-23(16(15)2)31-26(32)19(13-30)9-18-10-24(33-3)25(12-21(18)27)34-14-17-7-8-20(28)11-22(17)29/h4-12H,14H2,1-3H3,(H,31,32). The molecule has 0 bridgehead atoms. The number of anilines is 1. The number of carbonyl (C=O) groups is 1. The molecule has 0 radical (unpaired) electrons. The summed E-state index contributed by atoms with van der Waals surface area (Å²) < 4.78 is 12.0. The van der Waals surface area contributed by atoms with Crippen molar-refractivity contribution < 1.29 is 14.3 Å². The molecule has 174 valence electrons.